The van der Waals surface area contributed by atoms with Crippen LogP contribution in [0.1, 0.15) is 25.7 Å². The molecule has 0 spiro atoms. The lowest BCUT2D eigenvalue weighted by Crippen LogP contribution is -3.00. The molecular weight excluding hydrogens is 260 g/mol. The Morgan fingerprint density at radius 1 is 1.22 bits per heavy atom. The minimum atomic E-state index is -0.526. The van der Waals surface area contributed by atoms with Crippen LogP contribution in [0, 0.1) is 0 Å². The van der Waals surface area contributed by atoms with Gasteiger partial charge in [0.25, 0.3) is 11.8 Å². The van der Waals surface area contributed by atoms with Crippen LogP contribution in [-0.2, 0) is 19.2 Å². The minimum Gasteiger partial charge on any atom is -1.00 e. The van der Waals surface area contributed by atoms with Crippen molar-refractivity contribution in [2.45, 2.75) is 25.7 Å². The molecule has 0 bridgehead atoms. The fraction of sp³-hybridized carbons (Fsp3) is 0.727. The Hall–Kier alpha value is -1.14. The molecule has 1 rings (SSSR count). The van der Waals surface area contributed by atoms with Crippen LogP contribution < -0.4 is 12.4 Å². The van der Waals surface area contributed by atoms with E-state index < -0.39 is 17.8 Å². The van der Waals surface area contributed by atoms with Gasteiger partial charge in [0.1, 0.15) is 0 Å². The van der Waals surface area contributed by atoms with Crippen molar-refractivity contribution in [3.05, 3.63) is 0 Å². The van der Waals surface area contributed by atoms with Crippen molar-refractivity contribution in [1.29, 1.82) is 0 Å². The monoisotopic (exact) mass is 278 g/mol. The van der Waals surface area contributed by atoms with Gasteiger partial charge in [-0.1, -0.05) is 0 Å². The summed E-state index contributed by atoms with van der Waals surface area (Å²) in [6.45, 7) is 0.830. The zero-order chi connectivity index (χ0) is 13.1. The van der Waals surface area contributed by atoms with Gasteiger partial charge in [0, 0.05) is 19.3 Å². The molecule has 104 valence electrons. The topological polar surface area (TPSA) is 63.7 Å². The van der Waals surface area contributed by atoms with Crippen molar-refractivity contribution in [2.24, 2.45) is 0 Å². The molecule has 0 aliphatic carbocycles. The van der Waals surface area contributed by atoms with E-state index in [0.717, 1.165) is 11.0 Å². The predicted octanol–water partition coefficient (Wildman–Crippen LogP) is -2.92. The minimum absolute atomic E-state index is 0. The molecule has 0 N–H and O–H groups in total. The quantitative estimate of drug-likeness (QED) is 0.399. The molecule has 1 saturated heterocycles. The number of hydroxylamine groups is 2. The van der Waals surface area contributed by atoms with Crippen LogP contribution in [0.2, 0.25) is 0 Å². The second-order valence-corrected chi connectivity index (χ2v) is 5.16. The number of carbonyl (C=O) groups excluding carboxylic acids is 3. The van der Waals surface area contributed by atoms with E-state index in [9.17, 15) is 14.4 Å². The third kappa shape index (κ3) is 5.46. The molecule has 0 atom stereocenters. The van der Waals surface area contributed by atoms with Gasteiger partial charge in [0.2, 0.25) is 0 Å². The lowest BCUT2D eigenvalue weighted by molar-refractivity contribution is -0.870. The molecule has 0 radical (unpaired) electrons. The second-order valence-electron chi connectivity index (χ2n) is 5.16. The fourth-order valence-electron chi connectivity index (χ4n) is 1.50. The summed E-state index contributed by atoms with van der Waals surface area (Å²) >= 11 is 0. The van der Waals surface area contributed by atoms with E-state index in [0.29, 0.717) is 11.5 Å². The Kier molecular flexibility index (Phi) is 6.28. The first-order chi connectivity index (χ1) is 7.79. The zero-order valence-corrected chi connectivity index (χ0v) is 11.7. The number of amides is 2. The number of rotatable bonds is 5. The van der Waals surface area contributed by atoms with Crippen molar-refractivity contribution < 1.29 is 36.1 Å². The van der Waals surface area contributed by atoms with Gasteiger partial charge < -0.3 is 21.7 Å². The van der Waals surface area contributed by atoms with Gasteiger partial charge in [-0.2, -0.15) is 0 Å². The average molecular weight is 279 g/mol. The second kappa shape index (κ2) is 6.70. The SMILES string of the molecule is C[N+](C)(C)CCCC(=O)ON1C(=O)CCC1=O.[Cl-]. The number of hydrogen-bond donors (Lipinski definition) is 0. The summed E-state index contributed by atoms with van der Waals surface area (Å²) in [5.74, 6) is -1.40. The van der Waals surface area contributed by atoms with E-state index >= 15 is 0 Å². The van der Waals surface area contributed by atoms with Crippen molar-refractivity contribution in [2.75, 3.05) is 27.7 Å². The van der Waals surface area contributed by atoms with E-state index in [2.05, 4.69) is 0 Å². The van der Waals surface area contributed by atoms with Crippen molar-refractivity contribution in [1.82, 2.24) is 5.06 Å². The van der Waals surface area contributed by atoms with Crippen molar-refractivity contribution in [3.8, 4) is 0 Å². The van der Waals surface area contributed by atoms with Crippen molar-refractivity contribution in [3.63, 3.8) is 0 Å². The van der Waals surface area contributed by atoms with Crippen molar-refractivity contribution >= 4 is 17.8 Å². The Morgan fingerprint density at radius 2 is 1.72 bits per heavy atom. The summed E-state index contributed by atoms with van der Waals surface area (Å²) in [7, 11) is 6.08. The molecule has 0 saturated carbocycles. The maximum absolute atomic E-state index is 11.4. The number of nitrogens with zero attached hydrogens (tertiary/aromatic N) is 2. The van der Waals surface area contributed by atoms with Gasteiger partial charge in [-0.25, -0.2) is 4.79 Å². The lowest BCUT2D eigenvalue weighted by Gasteiger charge is -2.23. The number of quaternary nitrogens is 1. The number of halogens is 1. The number of hydrogen-bond acceptors (Lipinski definition) is 4. The van der Waals surface area contributed by atoms with E-state index in [1.54, 1.807) is 0 Å². The van der Waals surface area contributed by atoms with Crippen LogP contribution in [-0.4, -0.2) is 55.0 Å². The van der Waals surface area contributed by atoms with Gasteiger partial charge in [0.05, 0.1) is 34.1 Å². The molecule has 6 nitrogen and oxygen atoms in total. The Bertz CT molecular complexity index is 322. The summed E-state index contributed by atoms with van der Waals surface area (Å²) in [6, 6.07) is 0. The summed E-state index contributed by atoms with van der Waals surface area (Å²) in [4.78, 5) is 38.5. The zero-order valence-electron chi connectivity index (χ0n) is 10.9. The van der Waals surface area contributed by atoms with Crippen LogP contribution in [0.5, 0.6) is 0 Å². The van der Waals surface area contributed by atoms with Gasteiger partial charge >= 0.3 is 5.97 Å². The van der Waals surface area contributed by atoms with Gasteiger partial charge in [0.15, 0.2) is 0 Å². The maximum atomic E-state index is 11.4. The standard InChI is InChI=1S/C11H19N2O4.ClH/c1-13(2,3)8-4-5-11(16)17-12-9(14)6-7-10(12)15;/h4-8H2,1-3H3;1H/q+1;/p-1. The van der Waals surface area contributed by atoms with E-state index in [-0.39, 0.29) is 31.7 Å². The Morgan fingerprint density at radius 3 is 2.17 bits per heavy atom. The van der Waals surface area contributed by atoms with Gasteiger partial charge in [-0.3, -0.25) is 9.59 Å². The average Bonchev–Trinajstić information content (AvgIpc) is 2.47. The molecule has 2 amide bonds. The van der Waals surface area contributed by atoms with Crippen LogP contribution in [0.25, 0.3) is 0 Å². The Balaban J connectivity index is 0.00000289. The van der Waals surface area contributed by atoms with Crippen LogP contribution in [0.15, 0.2) is 0 Å². The highest BCUT2D eigenvalue weighted by atomic mass is 35.5. The van der Waals surface area contributed by atoms with Crippen LogP contribution in [0.4, 0.5) is 0 Å². The maximum Gasteiger partial charge on any atom is 0.333 e. The molecule has 0 aromatic heterocycles. The summed E-state index contributed by atoms with van der Waals surface area (Å²) in [5, 5.41) is 0.592. The molecular formula is C11H19ClN2O4. The molecule has 0 unspecified atom stereocenters. The highest BCUT2D eigenvalue weighted by molar-refractivity contribution is 6.01. The molecule has 1 heterocycles. The molecule has 7 heteroatoms. The van der Waals surface area contributed by atoms with Crippen LogP contribution >= 0.6 is 0 Å². The number of imide groups is 1. The first kappa shape index (κ1) is 16.9. The molecule has 0 aromatic rings. The fourth-order valence-corrected chi connectivity index (χ4v) is 1.50. The normalized spacial score (nSPS) is 15.6. The van der Waals surface area contributed by atoms with Crippen LogP contribution in [0.3, 0.4) is 0 Å². The predicted molar refractivity (Wildman–Crippen MR) is 59.3 cm³/mol. The van der Waals surface area contributed by atoms with E-state index in [1.807, 2.05) is 21.1 Å². The molecule has 1 fully saturated rings. The summed E-state index contributed by atoms with van der Waals surface area (Å²) < 4.78 is 0.759. The van der Waals surface area contributed by atoms with Gasteiger partial charge in [-0.15, -0.1) is 5.06 Å². The first-order valence-corrected chi connectivity index (χ1v) is 5.66. The molecule has 1 aliphatic heterocycles. The molecule has 1 aliphatic rings. The largest absolute Gasteiger partial charge is 1.00 e. The number of carbonyl (C=O) groups is 3. The van der Waals surface area contributed by atoms with E-state index in [1.165, 1.54) is 0 Å². The lowest BCUT2D eigenvalue weighted by atomic mass is 10.3. The highest BCUT2D eigenvalue weighted by Gasteiger charge is 2.32. The third-order valence-electron chi connectivity index (χ3n) is 2.41. The molecule has 18 heavy (non-hydrogen) atoms. The Labute approximate surface area is 113 Å². The van der Waals surface area contributed by atoms with Gasteiger partial charge in [-0.05, 0) is 0 Å². The smallest absolute Gasteiger partial charge is 0.333 e. The first-order valence-electron chi connectivity index (χ1n) is 5.66. The highest BCUT2D eigenvalue weighted by Crippen LogP contribution is 2.13. The third-order valence-corrected chi connectivity index (χ3v) is 2.41. The molecule has 0 aromatic carbocycles. The summed E-state index contributed by atoms with van der Waals surface area (Å²) in [6.07, 6.45) is 1.14. The summed E-state index contributed by atoms with van der Waals surface area (Å²) in [5.41, 5.74) is 0. The van der Waals surface area contributed by atoms with E-state index in [4.69, 9.17) is 4.84 Å².